The van der Waals surface area contributed by atoms with Crippen molar-refractivity contribution in [1.29, 1.82) is 5.26 Å². The van der Waals surface area contributed by atoms with Crippen LogP contribution >= 0.6 is 11.6 Å². The summed E-state index contributed by atoms with van der Waals surface area (Å²) in [7, 11) is 0. The Kier molecular flexibility index (Phi) is 4.13. The smallest absolute Gasteiger partial charge is 0.215 e. The first-order valence-corrected chi connectivity index (χ1v) is 8.68. The lowest BCUT2D eigenvalue weighted by Crippen LogP contribution is -2.42. The van der Waals surface area contributed by atoms with E-state index in [4.69, 9.17) is 21.6 Å². The highest BCUT2D eigenvalue weighted by Crippen LogP contribution is 2.31. The summed E-state index contributed by atoms with van der Waals surface area (Å²) in [6.45, 7) is 0. The van der Waals surface area contributed by atoms with Gasteiger partial charge >= 0.3 is 0 Å². The predicted octanol–water partition coefficient (Wildman–Crippen LogP) is 3.94. The van der Waals surface area contributed by atoms with Gasteiger partial charge in [-0.05, 0) is 55.0 Å². The predicted molar refractivity (Wildman–Crippen MR) is 93.0 cm³/mol. The van der Waals surface area contributed by atoms with Gasteiger partial charge in [0.2, 0.25) is 5.88 Å². The van der Waals surface area contributed by atoms with Crippen molar-refractivity contribution in [3.63, 3.8) is 0 Å². The number of nitrogens with zero attached hydrogens (tertiary/aromatic N) is 2. The highest BCUT2D eigenvalue weighted by molar-refractivity contribution is 6.29. The number of rotatable bonds is 3. The minimum absolute atomic E-state index is 0.198. The second kappa shape index (κ2) is 6.43. The number of piperidine rings is 1. The standard InChI is InChI=1S/C19H18ClN3O/c20-18-7-14(13-3-1-12(11-21)2-4-13)8-19(23-18)24-17-9-15-5-6-16(10-17)22-15/h1-4,7-8,15-17,22H,5-6,9-10H2/t15-,16+,17?. The van der Waals surface area contributed by atoms with Crippen molar-refractivity contribution in [3.05, 3.63) is 47.1 Å². The summed E-state index contributed by atoms with van der Waals surface area (Å²) in [5.74, 6) is 0.577. The third kappa shape index (κ3) is 3.24. The van der Waals surface area contributed by atoms with E-state index in [1.54, 1.807) is 12.1 Å². The van der Waals surface area contributed by atoms with Gasteiger partial charge in [-0.1, -0.05) is 23.7 Å². The Bertz CT molecular complexity index is 772. The van der Waals surface area contributed by atoms with Gasteiger partial charge in [-0.15, -0.1) is 0 Å². The van der Waals surface area contributed by atoms with Crippen LogP contribution in [0, 0.1) is 11.3 Å². The normalized spacial score (nSPS) is 25.2. The summed E-state index contributed by atoms with van der Waals surface area (Å²) in [5.41, 5.74) is 2.58. The van der Waals surface area contributed by atoms with Gasteiger partial charge in [-0.3, -0.25) is 0 Å². The minimum atomic E-state index is 0.198. The highest BCUT2D eigenvalue weighted by Gasteiger charge is 2.34. The van der Waals surface area contributed by atoms with E-state index >= 15 is 0 Å². The van der Waals surface area contributed by atoms with Crippen molar-refractivity contribution in [1.82, 2.24) is 10.3 Å². The second-order valence-corrected chi connectivity index (χ2v) is 6.94. The molecule has 5 heteroatoms. The average Bonchev–Trinajstić information content (AvgIpc) is 2.93. The summed E-state index contributed by atoms with van der Waals surface area (Å²) in [5, 5.41) is 12.9. The summed E-state index contributed by atoms with van der Waals surface area (Å²) >= 11 is 6.19. The van der Waals surface area contributed by atoms with Crippen LogP contribution < -0.4 is 10.1 Å². The lowest BCUT2D eigenvalue weighted by atomic mass is 10.0. The maximum absolute atomic E-state index is 8.91. The summed E-state index contributed by atoms with van der Waals surface area (Å²) < 4.78 is 6.14. The van der Waals surface area contributed by atoms with Crippen LogP contribution in [0.25, 0.3) is 11.1 Å². The number of ether oxygens (including phenoxy) is 1. The Hall–Kier alpha value is -2.09. The zero-order chi connectivity index (χ0) is 16.5. The quantitative estimate of drug-likeness (QED) is 0.861. The molecule has 0 spiro atoms. The van der Waals surface area contributed by atoms with E-state index in [1.807, 2.05) is 24.3 Å². The number of fused-ring (bicyclic) bond motifs is 2. The topological polar surface area (TPSA) is 57.9 Å². The largest absolute Gasteiger partial charge is 0.474 e. The van der Waals surface area contributed by atoms with Gasteiger partial charge in [0.1, 0.15) is 11.3 Å². The van der Waals surface area contributed by atoms with Crippen LogP contribution in [-0.4, -0.2) is 23.2 Å². The number of hydrogen-bond acceptors (Lipinski definition) is 4. The van der Waals surface area contributed by atoms with Gasteiger partial charge < -0.3 is 10.1 Å². The van der Waals surface area contributed by atoms with Crippen molar-refractivity contribution < 1.29 is 4.74 Å². The first-order valence-electron chi connectivity index (χ1n) is 8.30. The molecule has 4 nitrogen and oxygen atoms in total. The highest BCUT2D eigenvalue weighted by atomic mass is 35.5. The molecule has 3 atom stereocenters. The monoisotopic (exact) mass is 339 g/mol. The first kappa shape index (κ1) is 15.4. The molecule has 2 aliphatic rings. The van der Waals surface area contributed by atoms with Gasteiger partial charge in [-0.25, -0.2) is 4.98 Å². The van der Waals surface area contributed by atoms with E-state index < -0.39 is 0 Å². The lowest BCUT2D eigenvalue weighted by molar-refractivity contribution is 0.132. The van der Waals surface area contributed by atoms with E-state index in [0.717, 1.165) is 24.0 Å². The summed E-state index contributed by atoms with van der Waals surface area (Å²) in [4.78, 5) is 4.33. The number of aromatic nitrogens is 1. The Balaban J connectivity index is 1.55. The molecule has 122 valence electrons. The fourth-order valence-electron chi connectivity index (χ4n) is 3.71. The van der Waals surface area contributed by atoms with Gasteiger partial charge in [0, 0.05) is 18.2 Å². The fraction of sp³-hybridized carbons (Fsp3) is 0.368. The van der Waals surface area contributed by atoms with Crippen LogP contribution in [-0.2, 0) is 0 Å². The molecule has 1 aromatic carbocycles. The Morgan fingerprint density at radius 1 is 1.08 bits per heavy atom. The van der Waals surface area contributed by atoms with E-state index in [1.165, 1.54) is 12.8 Å². The molecule has 3 heterocycles. The third-order valence-corrected chi connectivity index (χ3v) is 5.03. The molecule has 1 unspecified atom stereocenters. The average molecular weight is 340 g/mol. The molecular formula is C19H18ClN3O. The molecule has 0 amide bonds. The molecule has 1 N–H and O–H groups in total. The maximum Gasteiger partial charge on any atom is 0.215 e. The van der Waals surface area contributed by atoms with E-state index in [9.17, 15) is 0 Å². The molecule has 2 aliphatic heterocycles. The first-order chi connectivity index (χ1) is 11.7. The van der Waals surface area contributed by atoms with Crippen molar-refractivity contribution in [3.8, 4) is 23.1 Å². The summed E-state index contributed by atoms with van der Waals surface area (Å²) in [6.07, 6.45) is 4.73. The summed E-state index contributed by atoms with van der Waals surface area (Å²) in [6, 6.07) is 14.5. The molecule has 2 bridgehead atoms. The van der Waals surface area contributed by atoms with Crippen LogP contribution in [0.2, 0.25) is 5.15 Å². The molecule has 2 fully saturated rings. The molecule has 2 saturated heterocycles. The molecule has 4 rings (SSSR count). The van der Waals surface area contributed by atoms with E-state index in [0.29, 0.717) is 28.7 Å². The van der Waals surface area contributed by atoms with Crippen molar-refractivity contribution in [2.45, 2.75) is 43.9 Å². The second-order valence-electron chi connectivity index (χ2n) is 6.56. The van der Waals surface area contributed by atoms with Crippen molar-refractivity contribution in [2.24, 2.45) is 0 Å². The number of pyridine rings is 1. The van der Waals surface area contributed by atoms with Crippen LogP contribution in [0.5, 0.6) is 5.88 Å². The molecule has 0 radical (unpaired) electrons. The van der Waals surface area contributed by atoms with Crippen molar-refractivity contribution >= 4 is 11.6 Å². The number of benzene rings is 1. The van der Waals surface area contributed by atoms with Crippen LogP contribution in [0.15, 0.2) is 36.4 Å². The van der Waals surface area contributed by atoms with Gasteiger partial charge in [0.25, 0.3) is 0 Å². The fourth-order valence-corrected chi connectivity index (χ4v) is 3.91. The van der Waals surface area contributed by atoms with Crippen LogP contribution in [0.1, 0.15) is 31.2 Å². The molecule has 0 aliphatic carbocycles. The number of halogens is 1. The van der Waals surface area contributed by atoms with Crippen LogP contribution in [0.4, 0.5) is 0 Å². The zero-order valence-corrected chi connectivity index (χ0v) is 14.0. The van der Waals surface area contributed by atoms with E-state index in [2.05, 4.69) is 16.4 Å². The maximum atomic E-state index is 8.91. The van der Waals surface area contributed by atoms with Gasteiger partial charge in [-0.2, -0.15) is 5.26 Å². The SMILES string of the molecule is N#Cc1ccc(-c2cc(Cl)nc(OC3C[C@H]4CC[C@@H](C3)N4)c2)cc1. The molecular weight excluding hydrogens is 322 g/mol. The molecule has 0 saturated carbocycles. The Morgan fingerprint density at radius 3 is 2.46 bits per heavy atom. The Labute approximate surface area is 146 Å². The number of nitriles is 1. The molecule has 2 aromatic rings. The number of nitrogens with one attached hydrogen (secondary N) is 1. The molecule has 1 aromatic heterocycles. The van der Waals surface area contributed by atoms with Crippen LogP contribution in [0.3, 0.4) is 0 Å². The van der Waals surface area contributed by atoms with Crippen molar-refractivity contribution in [2.75, 3.05) is 0 Å². The zero-order valence-electron chi connectivity index (χ0n) is 13.2. The molecule has 24 heavy (non-hydrogen) atoms. The lowest BCUT2D eigenvalue weighted by Gasteiger charge is -2.29. The Morgan fingerprint density at radius 2 is 1.79 bits per heavy atom. The van der Waals surface area contributed by atoms with Gasteiger partial charge in [0.05, 0.1) is 11.6 Å². The number of hydrogen-bond donors (Lipinski definition) is 1. The minimum Gasteiger partial charge on any atom is -0.474 e. The van der Waals surface area contributed by atoms with E-state index in [-0.39, 0.29) is 6.10 Å². The third-order valence-electron chi connectivity index (χ3n) is 4.84. The van der Waals surface area contributed by atoms with Gasteiger partial charge in [0.15, 0.2) is 0 Å².